The number of benzene rings is 2. The molecule has 4 aromatic rings. The first kappa shape index (κ1) is 26.9. The lowest BCUT2D eigenvalue weighted by molar-refractivity contribution is -0.704. The van der Waals surface area contributed by atoms with E-state index >= 15 is 0 Å². The fraction of sp³-hybridized carbons (Fsp3) is 0.286. The number of esters is 1. The van der Waals surface area contributed by atoms with E-state index in [2.05, 4.69) is 27.6 Å². The van der Waals surface area contributed by atoms with Gasteiger partial charge in [-0.25, -0.2) is 9.59 Å². The molecule has 0 atom stereocenters. The molecule has 0 aliphatic carbocycles. The highest BCUT2D eigenvalue weighted by Gasteiger charge is 2.30. The molecule has 2 N–H and O–H groups in total. The first-order valence-corrected chi connectivity index (χ1v) is 14.5. The molecule has 11 heteroatoms. The molecular formula is C28H29N4O5S2+. The van der Waals surface area contributed by atoms with Crippen molar-refractivity contribution in [2.24, 2.45) is 0 Å². The van der Waals surface area contributed by atoms with E-state index in [9.17, 15) is 14.4 Å². The van der Waals surface area contributed by atoms with Crippen molar-refractivity contribution in [2.75, 3.05) is 24.2 Å². The molecule has 0 spiro atoms. The molecule has 1 amide bonds. The molecule has 0 bridgehead atoms. The monoisotopic (exact) mass is 565 g/mol. The van der Waals surface area contributed by atoms with E-state index in [1.807, 2.05) is 48.5 Å². The number of carbonyl (C=O) groups is 2. The second-order valence-corrected chi connectivity index (χ2v) is 11.2. The standard InChI is InChI=1S/C28H28N4O5S2/c1-2-36-27(34)24-21-13-15-31(17-19-9-5-3-6-10-19)18-22(21)39-25(24)29-23(33)14-16-38-26-28(35)37-30-32(26)20-11-7-4-8-12-20/h3-12H,2,13-18H2,1H3,(H-,29,30,33,34,35)/p+1. The normalized spacial score (nSPS) is 13.2. The Morgan fingerprint density at radius 2 is 1.90 bits per heavy atom. The van der Waals surface area contributed by atoms with Gasteiger partial charge in [-0.2, -0.15) is 0 Å². The van der Waals surface area contributed by atoms with Crippen LogP contribution in [0.25, 0.3) is 5.69 Å². The van der Waals surface area contributed by atoms with E-state index in [1.165, 1.54) is 28.7 Å². The van der Waals surface area contributed by atoms with Gasteiger partial charge in [-0.1, -0.05) is 48.5 Å². The number of para-hydroxylation sites is 1. The predicted octanol–water partition coefficient (Wildman–Crippen LogP) is 4.16. The third-order valence-corrected chi connectivity index (χ3v) is 8.47. The Hall–Kier alpha value is -3.67. The maximum Gasteiger partial charge on any atom is 0.442 e. The molecule has 0 fully saturated rings. The molecule has 2 aromatic carbocycles. The zero-order valence-electron chi connectivity index (χ0n) is 21.5. The van der Waals surface area contributed by atoms with E-state index in [4.69, 9.17) is 9.26 Å². The van der Waals surface area contributed by atoms with Crippen molar-refractivity contribution in [3.63, 3.8) is 0 Å². The maximum absolute atomic E-state index is 12.9. The average molecular weight is 566 g/mol. The van der Waals surface area contributed by atoms with Gasteiger partial charge < -0.3 is 10.1 Å². The van der Waals surface area contributed by atoms with E-state index in [-0.39, 0.29) is 18.9 Å². The molecule has 39 heavy (non-hydrogen) atoms. The summed E-state index contributed by atoms with van der Waals surface area (Å²) < 4.78 is 11.9. The zero-order chi connectivity index (χ0) is 27.2. The molecular weight excluding hydrogens is 536 g/mol. The van der Waals surface area contributed by atoms with Crippen LogP contribution in [0.15, 0.2) is 75.0 Å². The van der Waals surface area contributed by atoms with Crippen LogP contribution in [-0.4, -0.2) is 41.0 Å². The van der Waals surface area contributed by atoms with Gasteiger partial charge in [-0.15, -0.1) is 11.3 Å². The highest BCUT2D eigenvalue weighted by molar-refractivity contribution is 7.99. The predicted molar refractivity (Wildman–Crippen MR) is 149 cm³/mol. The van der Waals surface area contributed by atoms with Crippen LogP contribution in [0, 0.1) is 0 Å². The number of fused-ring (bicyclic) bond motifs is 1. The van der Waals surface area contributed by atoms with Crippen LogP contribution >= 0.6 is 23.1 Å². The van der Waals surface area contributed by atoms with Crippen LogP contribution in [0.1, 0.15) is 39.7 Å². The summed E-state index contributed by atoms with van der Waals surface area (Å²) in [6.45, 7) is 4.37. The number of hydrogen-bond acceptors (Lipinski definition) is 8. The lowest BCUT2D eigenvalue weighted by Crippen LogP contribution is -2.36. The number of carbonyl (C=O) groups excluding carboxylic acids is 2. The minimum atomic E-state index is -0.500. The zero-order valence-corrected chi connectivity index (χ0v) is 23.1. The SMILES string of the molecule is CCOC(=O)c1c(NC(=O)CCSc2c(=O)o[nH][n+]2-c2ccccc2)sc2c1CCN(Cc1ccccc1)C2. The smallest absolute Gasteiger partial charge is 0.442 e. The summed E-state index contributed by atoms with van der Waals surface area (Å²) >= 11 is 2.67. The van der Waals surface area contributed by atoms with E-state index in [0.717, 1.165) is 29.2 Å². The van der Waals surface area contributed by atoms with Crippen molar-refractivity contribution < 1.29 is 23.5 Å². The number of nitrogens with zero attached hydrogens (tertiary/aromatic N) is 2. The van der Waals surface area contributed by atoms with Gasteiger partial charge >= 0.3 is 16.6 Å². The summed E-state index contributed by atoms with van der Waals surface area (Å²) in [5.74, 6) is -0.296. The number of aromatic amines is 1. The Balaban J connectivity index is 1.26. The number of aromatic nitrogens is 2. The van der Waals surface area contributed by atoms with Crippen molar-refractivity contribution in [1.82, 2.24) is 10.2 Å². The van der Waals surface area contributed by atoms with Gasteiger partial charge in [-0.3, -0.25) is 14.2 Å². The fourth-order valence-electron chi connectivity index (χ4n) is 4.50. The molecule has 1 aliphatic heterocycles. The van der Waals surface area contributed by atoms with Crippen LogP contribution in [0.4, 0.5) is 5.00 Å². The Labute approximate surface area is 233 Å². The summed E-state index contributed by atoms with van der Waals surface area (Å²) in [5.41, 5.74) is 2.91. The van der Waals surface area contributed by atoms with E-state index in [0.29, 0.717) is 34.3 Å². The molecule has 9 nitrogen and oxygen atoms in total. The number of ether oxygens (including phenoxy) is 1. The average Bonchev–Trinajstić information content (AvgIpc) is 3.49. The third-order valence-electron chi connectivity index (χ3n) is 6.31. The molecule has 202 valence electrons. The minimum absolute atomic E-state index is 0.148. The molecule has 3 heterocycles. The maximum atomic E-state index is 12.9. The van der Waals surface area contributed by atoms with E-state index < -0.39 is 11.6 Å². The van der Waals surface area contributed by atoms with E-state index in [1.54, 1.807) is 11.6 Å². The molecule has 0 saturated carbocycles. The lowest BCUT2D eigenvalue weighted by atomic mass is 10.0. The van der Waals surface area contributed by atoms with Crippen LogP contribution in [0.5, 0.6) is 0 Å². The van der Waals surface area contributed by atoms with Crippen molar-refractivity contribution in [3.8, 4) is 5.69 Å². The van der Waals surface area contributed by atoms with Crippen molar-refractivity contribution >= 4 is 40.0 Å². The molecule has 0 saturated heterocycles. The summed E-state index contributed by atoms with van der Waals surface area (Å²) in [4.78, 5) is 41.5. The van der Waals surface area contributed by atoms with Gasteiger partial charge in [0.2, 0.25) is 11.6 Å². The Bertz CT molecular complexity index is 1500. The number of hydrogen-bond donors (Lipinski definition) is 2. The molecule has 0 unspecified atom stereocenters. The summed E-state index contributed by atoms with van der Waals surface area (Å²) in [6, 6.07) is 19.6. The molecule has 5 rings (SSSR count). The number of rotatable bonds is 10. The Morgan fingerprint density at radius 1 is 1.15 bits per heavy atom. The summed E-state index contributed by atoms with van der Waals surface area (Å²) in [6.07, 6.45) is 0.857. The van der Waals surface area contributed by atoms with Gasteiger partial charge in [-0.05, 0) is 46.2 Å². The summed E-state index contributed by atoms with van der Waals surface area (Å²) in [7, 11) is 0. The number of thioether (sulfide) groups is 1. The molecule has 0 radical (unpaired) electrons. The number of H-pyrrole nitrogens is 1. The first-order chi connectivity index (χ1) is 19.0. The lowest BCUT2D eigenvalue weighted by Gasteiger charge is -2.27. The van der Waals surface area contributed by atoms with Crippen LogP contribution < -0.4 is 15.6 Å². The fourth-order valence-corrected chi connectivity index (χ4v) is 6.71. The topological polar surface area (TPSA) is 109 Å². The van der Waals surface area contributed by atoms with Gasteiger partial charge in [0.25, 0.3) is 0 Å². The molecule has 1 aliphatic rings. The Kier molecular flexibility index (Phi) is 8.60. The number of anilines is 1. The highest BCUT2D eigenvalue weighted by atomic mass is 32.2. The quantitative estimate of drug-likeness (QED) is 0.169. The van der Waals surface area contributed by atoms with Crippen LogP contribution in [0.3, 0.4) is 0 Å². The third kappa shape index (κ3) is 6.32. The highest BCUT2D eigenvalue weighted by Crippen LogP contribution is 2.38. The summed E-state index contributed by atoms with van der Waals surface area (Å²) in [5, 5.41) is 6.42. The van der Waals surface area contributed by atoms with Gasteiger partial charge in [0.15, 0.2) is 0 Å². The van der Waals surface area contributed by atoms with Gasteiger partial charge in [0.05, 0.1) is 12.2 Å². The molecule has 2 aromatic heterocycles. The van der Waals surface area contributed by atoms with Gasteiger partial charge in [0.1, 0.15) is 5.00 Å². The first-order valence-electron chi connectivity index (χ1n) is 12.7. The minimum Gasteiger partial charge on any atom is -0.462 e. The number of thiophene rings is 1. The largest absolute Gasteiger partial charge is 0.462 e. The van der Waals surface area contributed by atoms with Gasteiger partial charge in [0, 0.05) is 48.8 Å². The Morgan fingerprint density at radius 3 is 2.64 bits per heavy atom. The second-order valence-electron chi connectivity index (χ2n) is 8.98. The van der Waals surface area contributed by atoms with Crippen molar-refractivity contribution in [1.29, 1.82) is 0 Å². The number of amides is 1. The number of nitrogens with one attached hydrogen (secondary N) is 2. The van der Waals surface area contributed by atoms with Crippen molar-refractivity contribution in [2.45, 2.75) is 37.9 Å². The van der Waals surface area contributed by atoms with Crippen LogP contribution in [-0.2, 0) is 29.0 Å². The van der Waals surface area contributed by atoms with Crippen LogP contribution in [0.2, 0.25) is 0 Å². The van der Waals surface area contributed by atoms with Crippen molar-refractivity contribution in [3.05, 3.63) is 92.7 Å². The second kappa shape index (κ2) is 12.5.